The van der Waals surface area contributed by atoms with Crippen LogP contribution in [0.4, 0.5) is 0 Å². The van der Waals surface area contributed by atoms with Crippen molar-refractivity contribution >= 4 is 0 Å². The second kappa shape index (κ2) is 9.12. The van der Waals surface area contributed by atoms with Crippen molar-refractivity contribution in [2.24, 2.45) is 5.92 Å². The number of hydrogen-bond acceptors (Lipinski definition) is 2. The summed E-state index contributed by atoms with van der Waals surface area (Å²) in [6.07, 6.45) is 2.24. The first kappa shape index (κ1) is 15.2. The van der Waals surface area contributed by atoms with Crippen LogP contribution in [0.5, 0.6) is 0 Å². The summed E-state index contributed by atoms with van der Waals surface area (Å²) in [6.45, 7) is 10.3. The van der Waals surface area contributed by atoms with Crippen molar-refractivity contribution in [2.75, 3.05) is 19.7 Å². The molecular weight excluding hydrogens is 222 g/mol. The fraction of sp³-hybridized carbons (Fsp3) is 0.625. The number of likely N-dealkylation sites (N-methyl/N-ethyl adjacent to an activating group) is 1. The molecule has 102 valence electrons. The Morgan fingerprint density at radius 2 is 1.78 bits per heavy atom. The highest BCUT2D eigenvalue weighted by molar-refractivity contribution is 5.22. The van der Waals surface area contributed by atoms with Gasteiger partial charge in [-0.15, -0.1) is 0 Å². The molecular formula is C16H27NO. The molecule has 1 aromatic rings. The summed E-state index contributed by atoms with van der Waals surface area (Å²) < 4.78 is 5.66. The minimum absolute atomic E-state index is 0.721. The summed E-state index contributed by atoms with van der Waals surface area (Å²) in [5.74, 6) is 0.721. The zero-order valence-corrected chi connectivity index (χ0v) is 12.0. The Hall–Kier alpha value is -0.860. The molecule has 0 spiro atoms. The van der Waals surface area contributed by atoms with Crippen LogP contribution in [0.25, 0.3) is 0 Å². The van der Waals surface area contributed by atoms with E-state index in [1.807, 2.05) is 0 Å². The first-order chi connectivity index (χ1) is 8.72. The molecule has 0 aliphatic heterocycles. The highest BCUT2D eigenvalue weighted by atomic mass is 16.5. The Bertz CT molecular complexity index is 305. The molecule has 0 aliphatic carbocycles. The molecule has 2 nitrogen and oxygen atoms in total. The van der Waals surface area contributed by atoms with Crippen LogP contribution in [0.2, 0.25) is 0 Å². The van der Waals surface area contributed by atoms with Crippen LogP contribution in [0, 0.1) is 5.92 Å². The maximum absolute atomic E-state index is 5.66. The molecule has 0 heterocycles. The minimum atomic E-state index is 0.721. The highest BCUT2D eigenvalue weighted by Gasteiger charge is 1.97. The van der Waals surface area contributed by atoms with Gasteiger partial charge in [0.25, 0.3) is 0 Å². The van der Waals surface area contributed by atoms with Crippen LogP contribution in [0.15, 0.2) is 24.3 Å². The van der Waals surface area contributed by atoms with E-state index in [0.717, 1.165) is 45.1 Å². The smallest absolute Gasteiger partial charge is 0.0716 e. The Morgan fingerprint density at radius 1 is 1.11 bits per heavy atom. The predicted octanol–water partition coefficient (Wildman–Crippen LogP) is 3.40. The average molecular weight is 249 g/mol. The van der Waals surface area contributed by atoms with E-state index in [9.17, 15) is 0 Å². The van der Waals surface area contributed by atoms with Gasteiger partial charge in [-0.05, 0) is 43.0 Å². The van der Waals surface area contributed by atoms with E-state index < -0.39 is 0 Å². The van der Waals surface area contributed by atoms with E-state index in [1.54, 1.807) is 0 Å². The summed E-state index contributed by atoms with van der Waals surface area (Å²) in [4.78, 5) is 0. The molecule has 1 aromatic carbocycles. The molecule has 0 aromatic heterocycles. The third-order valence-electron chi connectivity index (χ3n) is 2.97. The third-order valence-corrected chi connectivity index (χ3v) is 2.97. The Morgan fingerprint density at radius 3 is 2.39 bits per heavy atom. The molecule has 0 saturated carbocycles. The van der Waals surface area contributed by atoms with Crippen LogP contribution in [-0.2, 0) is 17.8 Å². The van der Waals surface area contributed by atoms with Crippen LogP contribution in [-0.4, -0.2) is 19.7 Å². The van der Waals surface area contributed by atoms with Crippen LogP contribution in [0.1, 0.15) is 38.3 Å². The van der Waals surface area contributed by atoms with Crippen LogP contribution >= 0.6 is 0 Å². The van der Waals surface area contributed by atoms with E-state index >= 15 is 0 Å². The monoisotopic (exact) mass is 249 g/mol. The van der Waals surface area contributed by atoms with Crippen LogP contribution < -0.4 is 5.32 Å². The molecule has 0 unspecified atom stereocenters. The maximum Gasteiger partial charge on any atom is 0.0716 e. The summed E-state index contributed by atoms with van der Waals surface area (Å²) >= 11 is 0. The normalized spacial score (nSPS) is 11.1. The molecule has 2 heteroatoms. The van der Waals surface area contributed by atoms with Gasteiger partial charge in [0.05, 0.1) is 6.61 Å². The first-order valence-electron chi connectivity index (χ1n) is 7.08. The van der Waals surface area contributed by atoms with E-state index in [0.29, 0.717) is 0 Å². The van der Waals surface area contributed by atoms with Gasteiger partial charge < -0.3 is 10.1 Å². The van der Waals surface area contributed by atoms with Gasteiger partial charge in [-0.2, -0.15) is 0 Å². The quantitative estimate of drug-likeness (QED) is 0.677. The van der Waals surface area contributed by atoms with Crippen LogP contribution in [0.3, 0.4) is 0 Å². The summed E-state index contributed by atoms with van der Waals surface area (Å²) in [6, 6.07) is 8.77. The van der Waals surface area contributed by atoms with Crippen molar-refractivity contribution in [3.8, 4) is 0 Å². The number of rotatable bonds is 9. The van der Waals surface area contributed by atoms with Crippen molar-refractivity contribution in [2.45, 2.75) is 40.2 Å². The van der Waals surface area contributed by atoms with Gasteiger partial charge in [0, 0.05) is 6.61 Å². The molecule has 0 bridgehead atoms. The Labute approximate surface area is 112 Å². The fourth-order valence-electron chi connectivity index (χ4n) is 1.72. The van der Waals surface area contributed by atoms with Gasteiger partial charge >= 0.3 is 0 Å². The van der Waals surface area contributed by atoms with Gasteiger partial charge in [0.1, 0.15) is 0 Å². The second-order valence-corrected chi connectivity index (χ2v) is 5.16. The average Bonchev–Trinajstić information content (AvgIpc) is 2.36. The lowest BCUT2D eigenvalue weighted by Crippen LogP contribution is -2.15. The lowest BCUT2D eigenvalue weighted by molar-refractivity contribution is 0.110. The first-order valence-corrected chi connectivity index (χ1v) is 7.08. The van der Waals surface area contributed by atoms with E-state index in [-0.39, 0.29) is 0 Å². The molecule has 0 fully saturated rings. The number of hydrogen-bond donors (Lipinski definition) is 1. The molecule has 1 N–H and O–H groups in total. The van der Waals surface area contributed by atoms with E-state index in [4.69, 9.17) is 4.74 Å². The van der Waals surface area contributed by atoms with Crippen molar-refractivity contribution < 1.29 is 4.74 Å². The predicted molar refractivity (Wildman–Crippen MR) is 77.8 cm³/mol. The third kappa shape index (κ3) is 6.77. The van der Waals surface area contributed by atoms with Crippen molar-refractivity contribution in [1.82, 2.24) is 5.32 Å². The fourth-order valence-corrected chi connectivity index (χ4v) is 1.72. The summed E-state index contributed by atoms with van der Waals surface area (Å²) in [7, 11) is 0. The Kier molecular flexibility index (Phi) is 7.70. The highest BCUT2D eigenvalue weighted by Crippen LogP contribution is 2.07. The van der Waals surface area contributed by atoms with Crippen molar-refractivity contribution in [3.05, 3.63) is 35.4 Å². The molecule has 0 amide bonds. The molecule has 1 rings (SSSR count). The zero-order valence-electron chi connectivity index (χ0n) is 12.0. The number of benzene rings is 1. The summed E-state index contributed by atoms with van der Waals surface area (Å²) in [5, 5.41) is 3.34. The zero-order chi connectivity index (χ0) is 13.2. The van der Waals surface area contributed by atoms with Gasteiger partial charge in [0.2, 0.25) is 0 Å². The Balaban J connectivity index is 2.23. The second-order valence-electron chi connectivity index (χ2n) is 5.16. The van der Waals surface area contributed by atoms with Gasteiger partial charge in [-0.3, -0.25) is 0 Å². The lowest BCUT2D eigenvalue weighted by Gasteiger charge is -2.07. The number of ether oxygens (including phenoxy) is 1. The molecule has 18 heavy (non-hydrogen) atoms. The topological polar surface area (TPSA) is 21.3 Å². The van der Waals surface area contributed by atoms with Gasteiger partial charge in [-0.1, -0.05) is 45.0 Å². The SMILES string of the molecule is CCNCCc1ccc(COCCC(C)C)cc1. The molecule has 0 atom stereocenters. The largest absolute Gasteiger partial charge is 0.377 e. The van der Waals surface area contributed by atoms with E-state index in [2.05, 4.69) is 50.4 Å². The van der Waals surface area contributed by atoms with Gasteiger partial charge in [0.15, 0.2) is 0 Å². The van der Waals surface area contributed by atoms with E-state index in [1.165, 1.54) is 11.1 Å². The standard InChI is InChI=1S/C16H27NO/c1-4-17-11-9-15-5-7-16(8-6-15)13-18-12-10-14(2)3/h5-8,14,17H,4,9-13H2,1-3H3. The molecule has 0 saturated heterocycles. The minimum Gasteiger partial charge on any atom is -0.377 e. The molecule has 0 aliphatic rings. The van der Waals surface area contributed by atoms with Crippen molar-refractivity contribution in [3.63, 3.8) is 0 Å². The molecule has 0 radical (unpaired) electrons. The van der Waals surface area contributed by atoms with Gasteiger partial charge in [-0.25, -0.2) is 0 Å². The maximum atomic E-state index is 5.66. The lowest BCUT2D eigenvalue weighted by atomic mass is 10.1. The number of nitrogens with one attached hydrogen (secondary N) is 1. The van der Waals surface area contributed by atoms with Crippen molar-refractivity contribution in [1.29, 1.82) is 0 Å². The summed E-state index contributed by atoms with van der Waals surface area (Å²) in [5.41, 5.74) is 2.66.